The van der Waals surface area contributed by atoms with E-state index in [-0.39, 0.29) is 5.75 Å². The third kappa shape index (κ3) is 1.73. The van der Waals surface area contributed by atoms with Crippen LogP contribution in [0.3, 0.4) is 0 Å². The number of hydrogen-bond acceptors (Lipinski definition) is 3. The van der Waals surface area contributed by atoms with Gasteiger partial charge in [0.2, 0.25) is 0 Å². The number of hydrogen-bond donors (Lipinski definition) is 1. The quantitative estimate of drug-likeness (QED) is 0.749. The van der Waals surface area contributed by atoms with Gasteiger partial charge in [0.15, 0.2) is 11.5 Å². The average molecular weight is 177 g/mol. The maximum Gasteiger partial charge on any atom is 0.163 e. The van der Waals surface area contributed by atoms with Crippen molar-refractivity contribution in [2.75, 3.05) is 7.11 Å². The Morgan fingerprint density at radius 1 is 1.54 bits per heavy atom. The fourth-order valence-corrected chi connectivity index (χ4v) is 1.25. The molecule has 3 nitrogen and oxygen atoms in total. The highest BCUT2D eigenvalue weighted by atomic mass is 16.5. The number of aromatic hydroxyl groups is 1. The van der Waals surface area contributed by atoms with Gasteiger partial charge in [0.1, 0.15) is 0 Å². The molecule has 1 N–H and O–H groups in total. The molecule has 0 saturated heterocycles. The van der Waals surface area contributed by atoms with E-state index < -0.39 is 0 Å². The Morgan fingerprint density at radius 2 is 2.23 bits per heavy atom. The highest BCUT2D eigenvalue weighted by Crippen LogP contribution is 2.31. The smallest absolute Gasteiger partial charge is 0.163 e. The topological polar surface area (TPSA) is 53.2 Å². The summed E-state index contributed by atoms with van der Waals surface area (Å²) in [6, 6.07) is 5.33. The van der Waals surface area contributed by atoms with Crippen molar-refractivity contribution in [3.63, 3.8) is 0 Å². The lowest BCUT2D eigenvalue weighted by molar-refractivity contribution is 0.370. The zero-order chi connectivity index (χ0) is 9.84. The largest absolute Gasteiger partial charge is 0.504 e. The molecule has 0 saturated carbocycles. The normalized spacial score (nSPS) is 9.31. The molecule has 0 heterocycles. The van der Waals surface area contributed by atoms with Gasteiger partial charge in [-0.1, -0.05) is 6.07 Å². The Morgan fingerprint density at radius 3 is 2.77 bits per heavy atom. The summed E-state index contributed by atoms with van der Waals surface area (Å²) in [5, 5.41) is 17.9. The molecule has 1 rings (SSSR count). The molecule has 1 aromatic carbocycles. The van der Waals surface area contributed by atoms with Gasteiger partial charge < -0.3 is 9.84 Å². The number of methoxy groups -OCH3 is 1. The van der Waals surface area contributed by atoms with Crippen LogP contribution in [0.2, 0.25) is 0 Å². The van der Waals surface area contributed by atoms with Crippen molar-refractivity contribution in [2.24, 2.45) is 0 Å². The van der Waals surface area contributed by atoms with Crippen LogP contribution < -0.4 is 4.74 Å². The van der Waals surface area contributed by atoms with Gasteiger partial charge in [-0.25, -0.2) is 0 Å². The van der Waals surface area contributed by atoms with Crippen molar-refractivity contribution in [3.05, 3.63) is 23.3 Å². The maximum absolute atomic E-state index is 9.38. The summed E-state index contributed by atoms with van der Waals surface area (Å²) in [7, 11) is 1.50. The Balaban J connectivity index is 3.21. The van der Waals surface area contributed by atoms with Crippen molar-refractivity contribution in [1.82, 2.24) is 0 Å². The number of ether oxygens (including phenoxy) is 1. The molecule has 0 radical (unpaired) electrons. The Hall–Kier alpha value is -1.69. The maximum atomic E-state index is 9.38. The van der Waals surface area contributed by atoms with E-state index in [9.17, 15) is 5.11 Å². The molecule has 0 atom stereocenters. The molecule has 0 aliphatic rings. The second-order valence-electron chi connectivity index (χ2n) is 2.74. The van der Waals surface area contributed by atoms with E-state index in [4.69, 9.17) is 10.00 Å². The molecular weight excluding hydrogens is 166 g/mol. The molecule has 68 valence electrons. The van der Waals surface area contributed by atoms with Crippen molar-refractivity contribution in [1.29, 1.82) is 5.26 Å². The molecule has 0 aliphatic carbocycles. The van der Waals surface area contributed by atoms with Gasteiger partial charge >= 0.3 is 0 Å². The van der Waals surface area contributed by atoms with Crippen molar-refractivity contribution in [2.45, 2.75) is 13.3 Å². The first-order valence-electron chi connectivity index (χ1n) is 3.93. The summed E-state index contributed by atoms with van der Waals surface area (Å²) in [5.41, 5.74) is 1.71. The van der Waals surface area contributed by atoms with Crippen LogP contribution in [0.25, 0.3) is 0 Å². The minimum absolute atomic E-state index is 0.113. The van der Waals surface area contributed by atoms with Gasteiger partial charge in [-0.05, 0) is 24.1 Å². The first-order chi connectivity index (χ1) is 6.20. The summed E-state index contributed by atoms with van der Waals surface area (Å²) in [6.45, 7) is 1.82. The SMILES string of the molecule is COc1c(O)ccc(CC#N)c1C. The van der Waals surface area contributed by atoms with Gasteiger partial charge in [0.05, 0.1) is 19.6 Å². The van der Waals surface area contributed by atoms with E-state index in [2.05, 4.69) is 6.07 Å². The molecule has 0 fully saturated rings. The van der Waals surface area contributed by atoms with E-state index >= 15 is 0 Å². The van der Waals surface area contributed by atoms with Crippen molar-refractivity contribution < 1.29 is 9.84 Å². The second kappa shape index (κ2) is 3.81. The molecule has 0 bridgehead atoms. The van der Waals surface area contributed by atoms with E-state index in [1.54, 1.807) is 12.1 Å². The van der Waals surface area contributed by atoms with Crippen LogP contribution in [0.15, 0.2) is 12.1 Å². The predicted octanol–water partition coefficient (Wildman–Crippen LogP) is 1.78. The van der Waals surface area contributed by atoms with Crippen LogP contribution >= 0.6 is 0 Å². The van der Waals surface area contributed by atoms with Crippen LogP contribution in [-0.4, -0.2) is 12.2 Å². The molecule has 0 amide bonds. The summed E-state index contributed by atoms with van der Waals surface area (Å²) >= 11 is 0. The molecular formula is C10H11NO2. The number of rotatable bonds is 2. The average Bonchev–Trinajstić information content (AvgIpc) is 2.11. The van der Waals surface area contributed by atoms with E-state index in [0.717, 1.165) is 11.1 Å². The summed E-state index contributed by atoms with van der Waals surface area (Å²) in [5.74, 6) is 0.564. The van der Waals surface area contributed by atoms with Gasteiger partial charge in [0.25, 0.3) is 0 Å². The lowest BCUT2D eigenvalue weighted by atomic mass is 10.0. The predicted molar refractivity (Wildman–Crippen MR) is 48.7 cm³/mol. The van der Waals surface area contributed by atoms with Crippen molar-refractivity contribution >= 4 is 0 Å². The van der Waals surface area contributed by atoms with Crippen LogP contribution in [-0.2, 0) is 6.42 Å². The lowest BCUT2D eigenvalue weighted by Gasteiger charge is -2.09. The van der Waals surface area contributed by atoms with Gasteiger partial charge in [-0.2, -0.15) is 5.26 Å². The first kappa shape index (κ1) is 9.40. The summed E-state index contributed by atoms with van der Waals surface area (Å²) < 4.78 is 5.00. The fourth-order valence-electron chi connectivity index (χ4n) is 1.25. The highest BCUT2D eigenvalue weighted by molar-refractivity contribution is 5.49. The molecule has 1 aromatic rings. The van der Waals surface area contributed by atoms with Crippen molar-refractivity contribution in [3.8, 4) is 17.6 Å². The Labute approximate surface area is 77.2 Å². The summed E-state index contributed by atoms with van der Waals surface area (Å²) in [6.07, 6.45) is 0.336. The lowest BCUT2D eigenvalue weighted by Crippen LogP contribution is -1.93. The number of benzene rings is 1. The first-order valence-corrected chi connectivity index (χ1v) is 3.93. The minimum Gasteiger partial charge on any atom is -0.504 e. The Bertz CT molecular complexity index is 353. The number of phenols is 1. The zero-order valence-corrected chi connectivity index (χ0v) is 7.66. The zero-order valence-electron chi connectivity index (χ0n) is 7.66. The fraction of sp³-hybridized carbons (Fsp3) is 0.300. The molecule has 3 heteroatoms. The second-order valence-corrected chi connectivity index (χ2v) is 2.74. The van der Waals surface area contributed by atoms with E-state index in [0.29, 0.717) is 12.2 Å². The van der Waals surface area contributed by atoms with Crippen LogP contribution in [0.1, 0.15) is 11.1 Å². The van der Waals surface area contributed by atoms with Crippen LogP contribution in [0, 0.1) is 18.3 Å². The molecule has 0 aromatic heterocycles. The number of phenolic OH excluding ortho intramolecular Hbond substituents is 1. The standard InChI is InChI=1S/C10H11NO2/c1-7-8(5-6-11)3-4-9(12)10(7)13-2/h3-4,12H,5H2,1-2H3. The van der Waals surface area contributed by atoms with Crippen LogP contribution in [0.4, 0.5) is 0 Å². The van der Waals surface area contributed by atoms with Gasteiger partial charge in [-0.3, -0.25) is 0 Å². The third-order valence-electron chi connectivity index (χ3n) is 1.97. The number of nitrogens with zero attached hydrogens (tertiary/aromatic N) is 1. The van der Waals surface area contributed by atoms with Gasteiger partial charge in [-0.15, -0.1) is 0 Å². The molecule has 0 spiro atoms. The monoisotopic (exact) mass is 177 g/mol. The van der Waals surface area contributed by atoms with Crippen LogP contribution in [0.5, 0.6) is 11.5 Å². The van der Waals surface area contributed by atoms with E-state index in [1.165, 1.54) is 7.11 Å². The molecule has 0 aliphatic heterocycles. The summed E-state index contributed by atoms with van der Waals surface area (Å²) in [4.78, 5) is 0. The van der Waals surface area contributed by atoms with Gasteiger partial charge in [0, 0.05) is 0 Å². The van der Waals surface area contributed by atoms with E-state index in [1.807, 2.05) is 6.92 Å². The highest BCUT2D eigenvalue weighted by Gasteiger charge is 2.08. The molecule has 13 heavy (non-hydrogen) atoms. The third-order valence-corrected chi connectivity index (χ3v) is 1.97. The Kier molecular flexibility index (Phi) is 2.76. The number of nitriles is 1. The minimum atomic E-state index is 0.113. The molecule has 0 unspecified atom stereocenters.